The van der Waals surface area contributed by atoms with Gasteiger partial charge in [0.15, 0.2) is 0 Å². The molecule has 0 aromatic carbocycles. The number of rotatable bonds is 4. The molecule has 2 fully saturated rings. The number of morpholine rings is 1. The third-order valence-electron chi connectivity index (χ3n) is 4.59. The summed E-state index contributed by atoms with van der Waals surface area (Å²) in [7, 11) is 0. The van der Waals surface area contributed by atoms with Gasteiger partial charge in [0.05, 0.1) is 25.1 Å². The van der Waals surface area contributed by atoms with Gasteiger partial charge in [-0.2, -0.15) is 0 Å². The molecule has 0 spiro atoms. The van der Waals surface area contributed by atoms with Crippen molar-refractivity contribution in [1.82, 2.24) is 4.98 Å². The molecule has 1 aliphatic carbocycles. The Morgan fingerprint density at radius 3 is 2.68 bits per heavy atom. The number of carbonyl (C=O) groups is 1. The lowest BCUT2D eigenvalue weighted by molar-refractivity contribution is -0.117. The van der Waals surface area contributed by atoms with E-state index < -0.39 is 0 Å². The molecular formula is C17H25N3O2. The molecule has 0 radical (unpaired) electrons. The zero-order valence-corrected chi connectivity index (χ0v) is 13.1. The van der Waals surface area contributed by atoms with Crippen LogP contribution in [0.5, 0.6) is 0 Å². The van der Waals surface area contributed by atoms with Crippen LogP contribution >= 0.6 is 0 Å². The second-order valence-corrected chi connectivity index (χ2v) is 6.26. The molecule has 0 unspecified atom stereocenters. The van der Waals surface area contributed by atoms with Gasteiger partial charge in [-0.3, -0.25) is 4.79 Å². The molecule has 2 heterocycles. The van der Waals surface area contributed by atoms with Crippen LogP contribution in [0.4, 0.5) is 11.5 Å². The molecule has 1 aliphatic heterocycles. The number of nitrogens with one attached hydrogen (secondary N) is 1. The van der Waals surface area contributed by atoms with E-state index in [4.69, 9.17) is 4.74 Å². The van der Waals surface area contributed by atoms with Crippen LogP contribution in [0.2, 0.25) is 0 Å². The van der Waals surface area contributed by atoms with Crippen molar-refractivity contribution in [3.63, 3.8) is 0 Å². The first-order valence-electron chi connectivity index (χ1n) is 8.40. The summed E-state index contributed by atoms with van der Waals surface area (Å²) in [6, 6.07) is 3.91. The van der Waals surface area contributed by atoms with Crippen LogP contribution in [0, 0.1) is 5.92 Å². The number of nitrogens with zero attached hydrogens (tertiary/aromatic N) is 2. The Morgan fingerprint density at radius 1 is 1.23 bits per heavy atom. The largest absolute Gasteiger partial charge is 0.378 e. The van der Waals surface area contributed by atoms with Gasteiger partial charge in [0.2, 0.25) is 5.91 Å². The zero-order chi connectivity index (χ0) is 15.2. The van der Waals surface area contributed by atoms with Crippen molar-refractivity contribution in [3.05, 3.63) is 18.3 Å². The molecular weight excluding hydrogens is 278 g/mol. The second kappa shape index (κ2) is 7.58. The maximum absolute atomic E-state index is 12.1. The predicted molar refractivity (Wildman–Crippen MR) is 87.1 cm³/mol. The first-order valence-corrected chi connectivity index (χ1v) is 8.40. The van der Waals surface area contributed by atoms with Gasteiger partial charge < -0.3 is 15.0 Å². The van der Waals surface area contributed by atoms with E-state index in [0.29, 0.717) is 18.2 Å². The van der Waals surface area contributed by atoms with Gasteiger partial charge in [-0.25, -0.2) is 4.98 Å². The number of anilines is 2. The highest BCUT2D eigenvalue weighted by Crippen LogP contribution is 2.26. The minimum Gasteiger partial charge on any atom is -0.378 e. The van der Waals surface area contributed by atoms with Crippen molar-refractivity contribution in [3.8, 4) is 0 Å². The normalized spacial score (nSPS) is 19.9. The summed E-state index contributed by atoms with van der Waals surface area (Å²) >= 11 is 0. The fourth-order valence-electron chi connectivity index (χ4n) is 3.32. The highest BCUT2D eigenvalue weighted by Gasteiger charge is 2.17. The molecule has 1 amide bonds. The SMILES string of the molecule is O=C(CC1CCCCC1)Nc1ccc(N2CCOCC2)cn1. The lowest BCUT2D eigenvalue weighted by Gasteiger charge is -2.28. The van der Waals surface area contributed by atoms with Crippen LogP contribution in [0.25, 0.3) is 0 Å². The summed E-state index contributed by atoms with van der Waals surface area (Å²) in [5.41, 5.74) is 1.09. The van der Waals surface area contributed by atoms with Crippen molar-refractivity contribution in [2.45, 2.75) is 38.5 Å². The van der Waals surface area contributed by atoms with Gasteiger partial charge in [-0.15, -0.1) is 0 Å². The van der Waals surface area contributed by atoms with E-state index in [1.165, 1.54) is 32.1 Å². The highest BCUT2D eigenvalue weighted by atomic mass is 16.5. The van der Waals surface area contributed by atoms with Crippen molar-refractivity contribution in [1.29, 1.82) is 0 Å². The van der Waals surface area contributed by atoms with E-state index in [9.17, 15) is 4.79 Å². The molecule has 0 atom stereocenters. The number of hydrogen-bond acceptors (Lipinski definition) is 4. The standard InChI is InChI=1S/C17H25N3O2/c21-17(12-14-4-2-1-3-5-14)19-16-7-6-15(13-18-16)20-8-10-22-11-9-20/h6-7,13-14H,1-5,8-12H2,(H,18,19,21). The minimum atomic E-state index is 0.0959. The third-order valence-corrected chi connectivity index (χ3v) is 4.59. The Hall–Kier alpha value is -1.62. The molecule has 120 valence electrons. The molecule has 1 aromatic heterocycles. The Bertz CT molecular complexity index is 477. The molecule has 5 nitrogen and oxygen atoms in total. The molecule has 0 bridgehead atoms. The van der Waals surface area contributed by atoms with E-state index in [-0.39, 0.29) is 5.91 Å². The van der Waals surface area contributed by atoms with Crippen LogP contribution in [0.3, 0.4) is 0 Å². The molecule has 1 saturated carbocycles. The minimum absolute atomic E-state index is 0.0959. The lowest BCUT2D eigenvalue weighted by Crippen LogP contribution is -2.36. The van der Waals surface area contributed by atoms with Crippen molar-refractivity contribution >= 4 is 17.4 Å². The van der Waals surface area contributed by atoms with Gasteiger partial charge in [0.1, 0.15) is 5.82 Å². The lowest BCUT2D eigenvalue weighted by atomic mass is 9.87. The molecule has 2 aliphatic rings. The monoisotopic (exact) mass is 303 g/mol. The van der Waals surface area contributed by atoms with Crippen LogP contribution in [-0.2, 0) is 9.53 Å². The van der Waals surface area contributed by atoms with Crippen LogP contribution < -0.4 is 10.2 Å². The van der Waals surface area contributed by atoms with E-state index in [2.05, 4.69) is 15.2 Å². The maximum atomic E-state index is 12.1. The number of pyridine rings is 1. The molecule has 5 heteroatoms. The smallest absolute Gasteiger partial charge is 0.225 e. The first-order chi connectivity index (χ1) is 10.8. The molecule has 3 rings (SSSR count). The summed E-state index contributed by atoms with van der Waals surface area (Å²) in [5.74, 6) is 1.30. The number of amides is 1. The topological polar surface area (TPSA) is 54.5 Å². The molecule has 1 N–H and O–H groups in total. The van der Waals surface area contributed by atoms with Gasteiger partial charge in [0, 0.05) is 19.5 Å². The van der Waals surface area contributed by atoms with Gasteiger partial charge in [0.25, 0.3) is 0 Å². The first kappa shape index (κ1) is 15.3. The summed E-state index contributed by atoms with van der Waals surface area (Å²) in [4.78, 5) is 18.7. The van der Waals surface area contributed by atoms with E-state index in [1.54, 1.807) is 0 Å². The van der Waals surface area contributed by atoms with Gasteiger partial charge in [-0.05, 0) is 30.9 Å². The second-order valence-electron chi connectivity index (χ2n) is 6.26. The Morgan fingerprint density at radius 2 is 2.00 bits per heavy atom. The van der Waals surface area contributed by atoms with Gasteiger partial charge in [-0.1, -0.05) is 19.3 Å². The van der Waals surface area contributed by atoms with Crippen LogP contribution in [0.1, 0.15) is 38.5 Å². The molecule has 1 aromatic rings. The zero-order valence-electron chi connectivity index (χ0n) is 13.1. The summed E-state index contributed by atoms with van der Waals surface area (Å²) in [6.45, 7) is 3.32. The molecule has 22 heavy (non-hydrogen) atoms. The summed E-state index contributed by atoms with van der Waals surface area (Å²) < 4.78 is 5.35. The molecule has 1 saturated heterocycles. The maximum Gasteiger partial charge on any atom is 0.225 e. The Balaban J connectivity index is 1.50. The number of hydrogen-bond donors (Lipinski definition) is 1. The number of aromatic nitrogens is 1. The third kappa shape index (κ3) is 4.19. The van der Waals surface area contributed by atoms with Crippen LogP contribution in [-0.4, -0.2) is 37.2 Å². The quantitative estimate of drug-likeness (QED) is 0.929. The average molecular weight is 303 g/mol. The fourth-order valence-corrected chi connectivity index (χ4v) is 3.32. The van der Waals surface area contributed by atoms with Gasteiger partial charge >= 0.3 is 0 Å². The van der Waals surface area contributed by atoms with Crippen molar-refractivity contribution in [2.24, 2.45) is 5.92 Å². The van der Waals surface area contributed by atoms with Crippen molar-refractivity contribution in [2.75, 3.05) is 36.5 Å². The Kier molecular flexibility index (Phi) is 5.27. The van der Waals surface area contributed by atoms with E-state index in [0.717, 1.165) is 32.0 Å². The summed E-state index contributed by atoms with van der Waals surface area (Å²) in [6.07, 6.45) is 8.71. The predicted octanol–water partition coefficient (Wildman–Crippen LogP) is 2.83. The van der Waals surface area contributed by atoms with E-state index >= 15 is 0 Å². The summed E-state index contributed by atoms with van der Waals surface area (Å²) in [5, 5.41) is 2.93. The highest BCUT2D eigenvalue weighted by molar-refractivity contribution is 5.90. The van der Waals surface area contributed by atoms with Crippen molar-refractivity contribution < 1.29 is 9.53 Å². The average Bonchev–Trinajstić information content (AvgIpc) is 2.57. The van der Waals surface area contributed by atoms with Crippen LogP contribution in [0.15, 0.2) is 18.3 Å². The number of ether oxygens (including phenoxy) is 1. The fraction of sp³-hybridized carbons (Fsp3) is 0.647. The van der Waals surface area contributed by atoms with E-state index in [1.807, 2.05) is 18.3 Å². The number of carbonyl (C=O) groups excluding carboxylic acids is 1. The Labute approximate surface area is 132 Å².